The Morgan fingerprint density at radius 1 is 1.22 bits per heavy atom. The highest BCUT2D eigenvalue weighted by molar-refractivity contribution is 5.28. The van der Waals surface area contributed by atoms with Crippen molar-refractivity contribution in [2.24, 2.45) is 5.92 Å². The lowest BCUT2D eigenvalue weighted by Gasteiger charge is -2.44. The maximum atomic E-state index is 3.35. The topological polar surface area (TPSA) is 15.3 Å². The van der Waals surface area contributed by atoms with Crippen molar-refractivity contribution in [3.8, 4) is 0 Å². The highest BCUT2D eigenvalue weighted by Gasteiger charge is 2.35. The molecule has 3 rings (SSSR count). The zero-order valence-electron chi connectivity index (χ0n) is 11.4. The molecule has 1 heterocycles. The number of fused-ring (bicyclic) bond motifs is 1. The van der Waals surface area contributed by atoms with Crippen LogP contribution < -0.4 is 5.32 Å². The minimum atomic E-state index is 0.823. The molecule has 0 radical (unpaired) electrons. The van der Waals surface area contributed by atoms with Crippen molar-refractivity contribution in [2.45, 2.75) is 38.3 Å². The third kappa shape index (κ3) is 2.32. The lowest BCUT2D eigenvalue weighted by atomic mass is 9.78. The van der Waals surface area contributed by atoms with Crippen LogP contribution in [-0.2, 0) is 13.0 Å². The molecule has 2 heteroatoms. The van der Waals surface area contributed by atoms with Gasteiger partial charge in [-0.25, -0.2) is 0 Å². The highest BCUT2D eigenvalue weighted by Crippen LogP contribution is 2.34. The largest absolute Gasteiger partial charge is 0.319 e. The fourth-order valence-corrected chi connectivity index (χ4v) is 3.54. The monoisotopic (exact) mass is 244 g/mol. The van der Waals surface area contributed by atoms with E-state index in [1.54, 1.807) is 11.1 Å². The molecule has 0 spiro atoms. The Morgan fingerprint density at radius 3 is 2.78 bits per heavy atom. The van der Waals surface area contributed by atoms with Crippen molar-refractivity contribution in [1.82, 2.24) is 10.2 Å². The summed E-state index contributed by atoms with van der Waals surface area (Å²) in [5.41, 5.74) is 3.13. The van der Waals surface area contributed by atoms with Gasteiger partial charge in [0, 0.05) is 12.6 Å². The predicted molar refractivity (Wildman–Crippen MR) is 75.6 cm³/mol. The fourth-order valence-electron chi connectivity index (χ4n) is 3.54. The van der Waals surface area contributed by atoms with E-state index in [1.165, 1.54) is 45.3 Å². The third-order valence-corrected chi connectivity index (χ3v) is 4.70. The summed E-state index contributed by atoms with van der Waals surface area (Å²) in [7, 11) is 2.08. The molecule has 0 bridgehead atoms. The van der Waals surface area contributed by atoms with E-state index in [2.05, 4.69) is 41.5 Å². The molecule has 0 saturated heterocycles. The van der Waals surface area contributed by atoms with Gasteiger partial charge in [-0.3, -0.25) is 4.90 Å². The number of aryl methyl sites for hydroxylation is 1. The first kappa shape index (κ1) is 12.2. The van der Waals surface area contributed by atoms with Gasteiger partial charge in [-0.15, -0.1) is 0 Å². The number of nitrogens with one attached hydrogen (secondary N) is 1. The van der Waals surface area contributed by atoms with Gasteiger partial charge in [0.05, 0.1) is 0 Å². The van der Waals surface area contributed by atoms with Crippen LogP contribution in [0, 0.1) is 5.92 Å². The number of benzene rings is 1. The number of rotatable bonds is 3. The molecular weight excluding hydrogens is 220 g/mol. The van der Waals surface area contributed by atoms with E-state index in [9.17, 15) is 0 Å². The van der Waals surface area contributed by atoms with E-state index < -0.39 is 0 Å². The highest BCUT2D eigenvalue weighted by atomic mass is 15.2. The lowest BCUT2D eigenvalue weighted by Crippen LogP contribution is -2.49. The molecule has 1 aliphatic heterocycles. The Morgan fingerprint density at radius 2 is 2.06 bits per heavy atom. The van der Waals surface area contributed by atoms with Crippen LogP contribution in [0.2, 0.25) is 0 Å². The Balaban J connectivity index is 1.71. The molecule has 1 saturated carbocycles. The maximum Gasteiger partial charge on any atom is 0.0239 e. The molecule has 2 nitrogen and oxygen atoms in total. The van der Waals surface area contributed by atoms with E-state index in [0.29, 0.717) is 0 Å². The molecule has 1 aliphatic carbocycles. The third-order valence-electron chi connectivity index (χ3n) is 4.70. The van der Waals surface area contributed by atoms with Crippen LogP contribution in [-0.4, -0.2) is 31.1 Å². The first-order valence-electron chi connectivity index (χ1n) is 7.34. The second-order valence-corrected chi connectivity index (χ2v) is 5.81. The zero-order chi connectivity index (χ0) is 12.4. The SMILES string of the molecule is CNCC1CCC1N1CCCc2ccccc2C1. The Labute approximate surface area is 110 Å². The number of hydrogen-bond donors (Lipinski definition) is 1. The quantitative estimate of drug-likeness (QED) is 0.878. The smallest absolute Gasteiger partial charge is 0.0239 e. The fraction of sp³-hybridized carbons (Fsp3) is 0.625. The van der Waals surface area contributed by atoms with Crippen LogP contribution in [0.15, 0.2) is 24.3 Å². The van der Waals surface area contributed by atoms with Gasteiger partial charge in [0.15, 0.2) is 0 Å². The average molecular weight is 244 g/mol. The van der Waals surface area contributed by atoms with E-state index >= 15 is 0 Å². The van der Waals surface area contributed by atoms with Crippen LogP contribution in [0.4, 0.5) is 0 Å². The van der Waals surface area contributed by atoms with Crippen molar-refractivity contribution in [2.75, 3.05) is 20.1 Å². The molecule has 98 valence electrons. The summed E-state index contributed by atoms with van der Waals surface area (Å²) in [5.74, 6) is 0.875. The van der Waals surface area contributed by atoms with Gasteiger partial charge in [0.2, 0.25) is 0 Å². The van der Waals surface area contributed by atoms with Crippen molar-refractivity contribution in [3.05, 3.63) is 35.4 Å². The van der Waals surface area contributed by atoms with E-state index in [4.69, 9.17) is 0 Å². The summed E-state index contributed by atoms with van der Waals surface area (Å²) in [4.78, 5) is 2.73. The summed E-state index contributed by atoms with van der Waals surface area (Å²) >= 11 is 0. The molecule has 1 fully saturated rings. The van der Waals surface area contributed by atoms with Crippen molar-refractivity contribution >= 4 is 0 Å². The Kier molecular flexibility index (Phi) is 3.67. The number of hydrogen-bond acceptors (Lipinski definition) is 2. The molecule has 2 aliphatic rings. The zero-order valence-corrected chi connectivity index (χ0v) is 11.4. The minimum absolute atomic E-state index is 0.823. The molecule has 2 atom stereocenters. The van der Waals surface area contributed by atoms with Gasteiger partial charge < -0.3 is 5.32 Å². The first-order chi connectivity index (χ1) is 8.88. The summed E-state index contributed by atoms with van der Waals surface area (Å²) < 4.78 is 0. The lowest BCUT2D eigenvalue weighted by molar-refractivity contribution is 0.0576. The molecule has 2 unspecified atom stereocenters. The summed E-state index contributed by atoms with van der Waals surface area (Å²) in [6.45, 7) is 3.63. The molecule has 1 N–H and O–H groups in total. The first-order valence-corrected chi connectivity index (χ1v) is 7.34. The summed E-state index contributed by atoms with van der Waals surface area (Å²) in [6, 6.07) is 9.82. The van der Waals surface area contributed by atoms with Gasteiger partial charge in [-0.05, 0) is 62.9 Å². The predicted octanol–water partition coefficient (Wildman–Crippen LogP) is 2.43. The molecule has 1 aromatic carbocycles. The molecule has 0 amide bonds. The number of nitrogens with zero attached hydrogens (tertiary/aromatic N) is 1. The maximum absolute atomic E-state index is 3.35. The van der Waals surface area contributed by atoms with Crippen LogP contribution >= 0.6 is 0 Å². The second kappa shape index (κ2) is 5.41. The normalized spacial score (nSPS) is 28.3. The van der Waals surface area contributed by atoms with Gasteiger partial charge in [-0.1, -0.05) is 24.3 Å². The van der Waals surface area contributed by atoms with Crippen LogP contribution in [0.5, 0.6) is 0 Å². The van der Waals surface area contributed by atoms with Crippen LogP contribution in [0.1, 0.15) is 30.4 Å². The summed E-state index contributed by atoms with van der Waals surface area (Å²) in [6.07, 6.45) is 5.38. The summed E-state index contributed by atoms with van der Waals surface area (Å²) in [5, 5.41) is 3.35. The van der Waals surface area contributed by atoms with Crippen molar-refractivity contribution < 1.29 is 0 Å². The van der Waals surface area contributed by atoms with Crippen LogP contribution in [0.25, 0.3) is 0 Å². The molecular formula is C16H24N2. The minimum Gasteiger partial charge on any atom is -0.319 e. The van der Waals surface area contributed by atoms with Gasteiger partial charge in [0.25, 0.3) is 0 Å². The van der Waals surface area contributed by atoms with E-state index in [1.807, 2.05) is 0 Å². The Hall–Kier alpha value is -0.860. The standard InChI is InChI=1S/C16H24N2/c1-17-11-14-8-9-16(14)18-10-4-7-13-5-2-3-6-15(13)12-18/h2-3,5-6,14,16-17H,4,7-12H2,1H3. The van der Waals surface area contributed by atoms with Gasteiger partial charge >= 0.3 is 0 Å². The van der Waals surface area contributed by atoms with Gasteiger partial charge in [-0.2, -0.15) is 0 Å². The molecule has 1 aromatic rings. The molecule has 0 aromatic heterocycles. The van der Waals surface area contributed by atoms with Gasteiger partial charge in [0.1, 0.15) is 0 Å². The van der Waals surface area contributed by atoms with Crippen molar-refractivity contribution in [3.63, 3.8) is 0 Å². The van der Waals surface area contributed by atoms with Crippen molar-refractivity contribution in [1.29, 1.82) is 0 Å². The second-order valence-electron chi connectivity index (χ2n) is 5.81. The molecule has 18 heavy (non-hydrogen) atoms. The average Bonchev–Trinajstić information content (AvgIpc) is 2.56. The van der Waals surface area contributed by atoms with E-state index in [-0.39, 0.29) is 0 Å². The Bertz CT molecular complexity index is 402. The van der Waals surface area contributed by atoms with Crippen LogP contribution in [0.3, 0.4) is 0 Å². The van der Waals surface area contributed by atoms with E-state index in [0.717, 1.165) is 12.0 Å².